The summed E-state index contributed by atoms with van der Waals surface area (Å²) in [6.07, 6.45) is 4.11. The molecule has 0 N–H and O–H groups in total. The Kier molecular flexibility index (Phi) is 4.22. The lowest BCUT2D eigenvalue weighted by Gasteiger charge is -2.35. The molecule has 0 amide bonds. The molecule has 3 heterocycles. The van der Waals surface area contributed by atoms with Gasteiger partial charge in [0.05, 0.1) is 0 Å². The topological polar surface area (TPSA) is 24.3 Å². The summed E-state index contributed by atoms with van der Waals surface area (Å²) in [4.78, 5) is 9.66. The highest BCUT2D eigenvalue weighted by molar-refractivity contribution is 5.90. The van der Waals surface area contributed by atoms with Crippen molar-refractivity contribution in [1.82, 2.24) is 14.5 Å². The molecule has 0 unspecified atom stereocenters. The van der Waals surface area contributed by atoms with Crippen molar-refractivity contribution in [3.63, 3.8) is 0 Å². The number of fused-ring (bicyclic) bond motifs is 1. The summed E-state index contributed by atoms with van der Waals surface area (Å²) < 4.78 is 2.25. The maximum atomic E-state index is 4.65. The normalized spacial score (nSPS) is 16.0. The molecule has 3 aromatic rings. The Bertz CT molecular complexity index is 801. The number of nitrogens with zero attached hydrogens (tertiary/aromatic N) is 4. The average Bonchev–Trinajstić information content (AvgIpc) is 3.06. The van der Waals surface area contributed by atoms with Crippen LogP contribution in [0.5, 0.6) is 0 Å². The minimum Gasteiger partial charge on any atom is -0.368 e. The van der Waals surface area contributed by atoms with Gasteiger partial charge in [0.15, 0.2) is 0 Å². The number of anilines is 1. The van der Waals surface area contributed by atoms with Gasteiger partial charge in [0.2, 0.25) is 0 Å². The first-order valence-electron chi connectivity index (χ1n) is 8.80. The maximum absolute atomic E-state index is 4.65. The van der Waals surface area contributed by atoms with Gasteiger partial charge in [0.1, 0.15) is 5.65 Å². The Labute approximate surface area is 143 Å². The van der Waals surface area contributed by atoms with Crippen molar-refractivity contribution in [3.8, 4) is 0 Å². The highest BCUT2D eigenvalue weighted by atomic mass is 15.3. The van der Waals surface area contributed by atoms with Gasteiger partial charge in [-0.3, -0.25) is 0 Å². The molecule has 4 heteroatoms. The van der Waals surface area contributed by atoms with E-state index in [1.165, 1.54) is 16.6 Å². The van der Waals surface area contributed by atoms with Gasteiger partial charge in [0.25, 0.3) is 0 Å². The zero-order valence-electron chi connectivity index (χ0n) is 14.2. The van der Waals surface area contributed by atoms with Gasteiger partial charge < -0.3 is 14.4 Å². The van der Waals surface area contributed by atoms with Crippen LogP contribution in [0, 0.1) is 0 Å². The first kappa shape index (κ1) is 15.2. The second-order valence-electron chi connectivity index (χ2n) is 6.42. The third kappa shape index (κ3) is 2.89. The molecule has 0 spiro atoms. The number of likely N-dealkylation sites (N-methyl/N-ethyl adjacent to an activating group) is 1. The molecule has 4 rings (SSSR count). The number of hydrogen-bond acceptors (Lipinski definition) is 3. The second-order valence-corrected chi connectivity index (χ2v) is 6.42. The van der Waals surface area contributed by atoms with Crippen molar-refractivity contribution in [1.29, 1.82) is 0 Å². The van der Waals surface area contributed by atoms with E-state index in [1.54, 1.807) is 0 Å². The summed E-state index contributed by atoms with van der Waals surface area (Å²) >= 11 is 0. The van der Waals surface area contributed by atoms with Crippen LogP contribution in [-0.2, 0) is 6.54 Å². The van der Waals surface area contributed by atoms with Crippen LogP contribution in [0.1, 0.15) is 12.5 Å². The third-order valence-electron chi connectivity index (χ3n) is 5.00. The van der Waals surface area contributed by atoms with Gasteiger partial charge in [0, 0.05) is 56.2 Å². The summed E-state index contributed by atoms with van der Waals surface area (Å²) in [6.45, 7) is 8.73. The van der Waals surface area contributed by atoms with E-state index in [1.807, 2.05) is 6.20 Å². The quantitative estimate of drug-likeness (QED) is 0.738. The highest BCUT2D eigenvalue weighted by Gasteiger charge is 2.18. The van der Waals surface area contributed by atoms with Crippen LogP contribution >= 0.6 is 0 Å². The smallest absolute Gasteiger partial charge is 0.142 e. The summed E-state index contributed by atoms with van der Waals surface area (Å²) in [5, 5.41) is 1.26. The number of pyridine rings is 1. The van der Waals surface area contributed by atoms with Gasteiger partial charge >= 0.3 is 0 Å². The molecule has 4 nitrogen and oxygen atoms in total. The van der Waals surface area contributed by atoms with Crippen molar-refractivity contribution in [2.45, 2.75) is 13.5 Å². The molecule has 124 valence electrons. The van der Waals surface area contributed by atoms with Gasteiger partial charge in [-0.25, -0.2) is 4.98 Å². The molecule has 1 saturated heterocycles. The Morgan fingerprint density at radius 2 is 1.75 bits per heavy atom. The molecule has 1 aliphatic heterocycles. The van der Waals surface area contributed by atoms with E-state index in [9.17, 15) is 0 Å². The molecule has 1 fully saturated rings. The van der Waals surface area contributed by atoms with Crippen molar-refractivity contribution < 1.29 is 0 Å². The Balaban J connectivity index is 1.62. The number of aromatic nitrogens is 2. The number of rotatable bonds is 4. The van der Waals surface area contributed by atoms with E-state index in [2.05, 4.69) is 74.9 Å². The maximum Gasteiger partial charge on any atom is 0.142 e. The van der Waals surface area contributed by atoms with E-state index in [0.717, 1.165) is 44.9 Å². The summed E-state index contributed by atoms with van der Waals surface area (Å²) in [5.74, 6) is 0. The molecule has 0 atom stereocenters. The Morgan fingerprint density at radius 1 is 0.958 bits per heavy atom. The fourth-order valence-electron chi connectivity index (χ4n) is 3.56. The zero-order chi connectivity index (χ0) is 16.4. The predicted molar refractivity (Wildman–Crippen MR) is 99.6 cm³/mol. The van der Waals surface area contributed by atoms with Crippen molar-refractivity contribution in [2.24, 2.45) is 0 Å². The van der Waals surface area contributed by atoms with Crippen LogP contribution in [0.2, 0.25) is 0 Å². The van der Waals surface area contributed by atoms with Crippen LogP contribution < -0.4 is 4.90 Å². The lowest BCUT2D eigenvalue weighted by atomic mass is 10.2. The monoisotopic (exact) mass is 320 g/mol. The third-order valence-corrected chi connectivity index (χ3v) is 5.00. The Hall–Kier alpha value is -2.33. The van der Waals surface area contributed by atoms with Gasteiger partial charge in [-0.05, 0) is 24.2 Å². The molecule has 1 aliphatic rings. The predicted octanol–water partition coefficient (Wildman–Crippen LogP) is 3.23. The first-order valence-corrected chi connectivity index (χ1v) is 8.80. The minimum absolute atomic E-state index is 0.865. The number of hydrogen-bond donors (Lipinski definition) is 0. The standard InChI is InChI=1S/C20H24N4/c1-2-22-12-14-23(15-13-22)19-8-10-21-20-18(19)9-11-24(20)16-17-6-4-3-5-7-17/h3-11H,2,12-16H2,1H3. The van der Waals surface area contributed by atoms with E-state index in [4.69, 9.17) is 0 Å². The van der Waals surface area contributed by atoms with E-state index < -0.39 is 0 Å². The number of benzene rings is 1. The molecule has 0 aliphatic carbocycles. The van der Waals surface area contributed by atoms with Crippen molar-refractivity contribution in [3.05, 3.63) is 60.4 Å². The lowest BCUT2D eigenvalue weighted by molar-refractivity contribution is 0.271. The molecule has 0 bridgehead atoms. The molecule has 0 radical (unpaired) electrons. The molecular formula is C20H24N4. The van der Waals surface area contributed by atoms with Crippen LogP contribution in [0.15, 0.2) is 54.9 Å². The average molecular weight is 320 g/mol. The van der Waals surface area contributed by atoms with Crippen LogP contribution in [0.25, 0.3) is 11.0 Å². The van der Waals surface area contributed by atoms with E-state index in [0.29, 0.717) is 0 Å². The molecular weight excluding hydrogens is 296 g/mol. The van der Waals surface area contributed by atoms with E-state index >= 15 is 0 Å². The molecule has 0 saturated carbocycles. The van der Waals surface area contributed by atoms with Crippen molar-refractivity contribution >= 4 is 16.7 Å². The fourth-order valence-corrected chi connectivity index (χ4v) is 3.56. The van der Waals surface area contributed by atoms with Crippen LogP contribution in [0.3, 0.4) is 0 Å². The molecule has 1 aromatic carbocycles. The molecule has 2 aromatic heterocycles. The SMILES string of the molecule is CCN1CCN(c2ccnc3c2ccn3Cc2ccccc2)CC1. The lowest BCUT2D eigenvalue weighted by Crippen LogP contribution is -2.46. The largest absolute Gasteiger partial charge is 0.368 e. The zero-order valence-corrected chi connectivity index (χ0v) is 14.2. The summed E-state index contributed by atoms with van der Waals surface area (Å²) in [6, 6.07) is 15.0. The fraction of sp³-hybridized carbons (Fsp3) is 0.350. The summed E-state index contributed by atoms with van der Waals surface area (Å²) in [5.41, 5.74) is 3.70. The number of piperazine rings is 1. The van der Waals surface area contributed by atoms with Gasteiger partial charge in [-0.1, -0.05) is 37.3 Å². The second kappa shape index (κ2) is 6.65. The highest BCUT2D eigenvalue weighted by Crippen LogP contribution is 2.27. The van der Waals surface area contributed by atoms with Gasteiger partial charge in [-0.2, -0.15) is 0 Å². The van der Waals surface area contributed by atoms with Gasteiger partial charge in [-0.15, -0.1) is 0 Å². The van der Waals surface area contributed by atoms with Crippen LogP contribution in [0.4, 0.5) is 5.69 Å². The van der Waals surface area contributed by atoms with Crippen molar-refractivity contribution in [2.75, 3.05) is 37.6 Å². The minimum atomic E-state index is 0.865. The summed E-state index contributed by atoms with van der Waals surface area (Å²) in [7, 11) is 0. The Morgan fingerprint density at radius 3 is 2.50 bits per heavy atom. The molecule has 24 heavy (non-hydrogen) atoms. The van der Waals surface area contributed by atoms with Crippen LogP contribution in [-0.4, -0.2) is 47.2 Å². The first-order chi connectivity index (χ1) is 11.8. The van der Waals surface area contributed by atoms with E-state index in [-0.39, 0.29) is 0 Å².